The van der Waals surface area contributed by atoms with Crippen molar-refractivity contribution in [1.82, 2.24) is 5.32 Å². The molecule has 1 atom stereocenters. The van der Waals surface area contributed by atoms with Crippen molar-refractivity contribution in [3.63, 3.8) is 0 Å². The van der Waals surface area contributed by atoms with Crippen LogP contribution in [0.5, 0.6) is 0 Å². The monoisotopic (exact) mass is 444 g/mol. The van der Waals surface area contributed by atoms with Gasteiger partial charge >= 0.3 is 0 Å². The first-order valence-corrected chi connectivity index (χ1v) is 11.0. The predicted molar refractivity (Wildman–Crippen MR) is 115 cm³/mol. The van der Waals surface area contributed by atoms with E-state index in [1.807, 2.05) is 6.92 Å². The molecule has 4 nitrogen and oxygen atoms in total. The molecule has 3 rings (SSSR count). The molecule has 1 aromatic carbocycles. The summed E-state index contributed by atoms with van der Waals surface area (Å²) in [5.74, 6) is -0.719. The molecule has 2 aliphatic carbocycles. The van der Waals surface area contributed by atoms with Crippen LogP contribution in [0.3, 0.4) is 0 Å². The predicted octanol–water partition coefficient (Wildman–Crippen LogP) is 5.94. The Balaban J connectivity index is 0.000000687. The van der Waals surface area contributed by atoms with E-state index in [1.54, 1.807) is 0 Å². The lowest BCUT2D eigenvalue weighted by atomic mass is 9.76. The van der Waals surface area contributed by atoms with Gasteiger partial charge in [-0.15, -0.1) is 0 Å². The second-order valence-corrected chi connectivity index (χ2v) is 9.69. The van der Waals surface area contributed by atoms with Crippen LogP contribution in [0.1, 0.15) is 83.7 Å². The van der Waals surface area contributed by atoms with Gasteiger partial charge in [-0.05, 0) is 43.2 Å². The number of amides is 2. The van der Waals surface area contributed by atoms with Crippen LogP contribution in [-0.2, 0) is 9.59 Å². The zero-order chi connectivity index (χ0) is 21.8. The summed E-state index contributed by atoms with van der Waals surface area (Å²) < 4.78 is 14.7. The van der Waals surface area contributed by atoms with E-state index in [-0.39, 0.29) is 27.7 Å². The van der Waals surface area contributed by atoms with Crippen LogP contribution >= 0.6 is 23.2 Å². The SMILES string of the molecule is CC(N)=O.CC1(C(=O)NC(c2c(F)ccc(Cl)c2Cl)C2(C)CCCC2)CCCC1. The van der Waals surface area contributed by atoms with Gasteiger partial charge in [0.05, 0.1) is 16.1 Å². The maximum atomic E-state index is 14.7. The van der Waals surface area contributed by atoms with Gasteiger partial charge in [0.15, 0.2) is 0 Å². The van der Waals surface area contributed by atoms with Crippen molar-refractivity contribution in [2.75, 3.05) is 0 Å². The number of nitrogens with one attached hydrogen (secondary N) is 1. The van der Waals surface area contributed by atoms with Crippen molar-refractivity contribution in [3.8, 4) is 0 Å². The van der Waals surface area contributed by atoms with E-state index >= 15 is 0 Å². The molecule has 1 unspecified atom stereocenters. The Kier molecular flexibility index (Phi) is 7.97. The van der Waals surface area contributed by atoms with E-state index in [4.69, 9.17) is 23.2 Å². The van der Waals surface area contributed by atoms with Gasteiger partial charge in [-0.1, -0.05) is 62.7 Å². The van der Waals surface area contributed by atoms with Crippen LogP contribution < -0.4 is 11.1 Å². The summed E-state index contributed by atoms with van der Waals surface area (Å²) in [5, 5.41) is 3.73. The van der Waals surface area contributed by atoms with Crippen LogP contribution in [0.4, 0.5) is 4.39 Å². The molecule has 0 aliphatic heterocycles. The Bertz CT molecular complexity index is 753. The number of carbonyl (C=O) groups excluding carboxylic acids is 2. The van der Waals surface area contributed by atoms with Crippen molar-refractivity contribution in [2.45, 2.75) is 78.2 Å². The summed E-state index contributed by atoms with van der Waals surface area (Å²) in [7, 11) is 0. The van der Waals surface area contributed by atoms with Crippen LogP contribution in [-0.4, -0.2) is 11.8 Å². The third-order valence-corrected chi connectivity index (χ3v) is 7.16. The smallest absolute Gasteiger partial charge is 0.226 e. The molecule has 0 bridgehead atoms. The average Bonchev–Trinajstić information content (AvgIpc) is 3.27. The van der Waals surface area contributed by atoms with E-state index < -0.39 is 11.9 Å². The summed E-state index contributed by atoms with van der Waals surface area (Å²) in [4.78, 5) is 22.3. The van der Waals surface area contributed by atoms with E-state index in [1.165, 1.54) is 19.1 Å². The number of nitrogens with two attached hydrogens (primary N) is 1. The van der Waals surface area contributed by atoms with Gasteiger partial charge in [-0.25, -0.2) is 4.39 Å². The molecule has 3 N–H and O–H groups in total. The molecule has 0 aromatic heterocycles. The van der Waals surface area contributed by atoms with Gasteiger partial charge < -0.3 is 11.1 Å². The van der Waals surface area contributed by atoms with Crippen LogP contribution in [0.15, 0.2) is 12.1 Å². The second kappa shape index (κ2) is 9.65. The van der Waals surface area contributed by atoms with E-state index in [9.17, 15) is 14.0 Å². The van der Waals surface area contributed by atoms with Crippen molar-refractivity contribution < 1.29 is 14.0 Å². The van der Waals surface area contributed by atoms with Crippen LogP contribution in [0, 0.1) is 16.6 Å². The minimum absolute atomic E-state index is 0.0126. The molecule has 7 heteroatoms. The maximum absolute atomic E-state index is 14.7. The first-order chi connectivity index (χ1) is 13.5. The van der Waals surface area contributed by atoms with Gasteiger partial charge in [-0.2, -0.15) is 0 Å². The largest absolute Gasteiger partial charge is 0.370 e. The van der Waals surface area contributed by atoms with Crippen molar-refractivity contribution in [3.05, 3.63) is 33.6 Å². The first-order valence-electron chi connectivity index (χ1n) is 10.2. The number of hydrogen-bond donors (Lipinski definition) is 2. The Morgan fingerprint density at radius 3 is 2.07 bits per heavy atom. The van der Waals surface area contributed by atoms with Crippen LogP contribution in [0.25, 0.3) is 0 Å². The fourth-order valence-electron chi connectivity index (χ4n) is 4.56. The average molecular weight is 445 g/mol. The molecule has 2 saturated carbocycles. The van der Waals surface area contributed by atoms with E-state index in [2.05, 4.69) is 18.0 Å². The summed E-state index contributed by atoms with van der Waals surface area (Å²) in [6.45, 7) is 5.44. The molecule has 29 heavy (non-hydrogen) atoms. The fourth-order valence-corrected chi connectivity index (χ4v) is 4.99. The summed E-state index contributed by atoms with van der Waals surface area (Å²) in [5.41, 5.74) is 4.24. The number of primary amides is 1. The Labute approximate surface area is 182 Å². The number of benzene rings is 1. The highest BCUT2D eigenvalue weighted by Crippen LogP contribution is 2.50. The highest BCUT2D eigenvalue weighted by atomic mass is 35.5. The molecule has 0 saturated heterocycles. The highest BCUT2D eigenvalue weighted by Gasteiger charge is 2.44. The number of hydrogen-bond acceptors (Lipinski definition) is 2. The number of carbonyl (C=O) groups is 2. The van der Waals surface area contributed by atoms with Crippen molar-refractivity contribution >= 4 is 35.0 Å². The Morgan fingerprint density at radius 1 is 1.07 bits per heavy atom. The third kappa shape index (κ3) is 5.64. The number of rotatable bonds is 4. The quantitative estimate of drug-likeness (QED) is 0.563. The van der Waals surface area contributed by atoms with Crippen LogP contribution in [0.2, 0.25) is 10.0 Å². The summed E-state index contributed by atoms with van der Waals surface area (Å²) in [6, 6.07) is 2.36. The fraction of sp³-hybridized carbons (Fsp3) is 0.636. The lowest BCUT2D eigenvalue weighted by molar-refractivity contribution is -0.131. The second-order valence-electron chi connectivity index (χ2n) is 8.90. The number of halogens is 3. The van der Waals surface area contributed by atoms with E-state index in [0.717, 1.165) is 51.4 Å². The van der Waals surface area contributed by atoms with Gasteiger partial charge in [0.25, 0.3) is 0 Å². The van der Waals surface area contributed by atoms with Gasteiger partial charge in [0, 0.05) is 17.9 Å². The standard InChI is InChI=1S/C20H26Cl2FNO.C2H5NO/c1-19(9-3-4-10-19)17(15-14(23)8-7-13(21)16(15)22)24-18(25)20(2)11-5-6-12-20;1-2(3)4/h7-8,17H,3-6,9-12H2,1-2H3,(H,24,25);1H3,(H2,3,4). The Hall–Kier alpha value is -1.33. The third-order valence-electron chi connectivity index (χ3n) is 6.34. The molecule has 2 amide bonds. The molecule has 162 valence electrons. The topological polar surface area (TPSA) is 72.2 Å². The maximum Gasteiger partial charge on any atom is 0.226 e. The van der Waals surface area contributed by atoms with Crippen molar-refractivity contribution in [1.29, 1.82) is 0 Å². The minimum atomic E-state index is -0.453. The molecule has 0 radical (unpaired) electrons. The molecule has 2 fully saturated rings. The lowest BCUT2D eigenvalue weighted by Gasteiger charge is -2.38. The molecular weight excluding hydrogens is 414 g/mol. The van der Waals surface area contributed by atoms with Crippen molar-refractivity contribution in [2.24, 2.45) is 16.6 Å². The molecular formula is C22H31Cl2FN2O2. The normalized spacial score (nSPS) is 20.5. The van der Waals surface area contributed by atoms with E-state index in [0.29, 0.717) is 10.6 Å². The van der Waals surface area contributed by atoms with Gasteiger partial charge in [0.2, 0.25) is 11.8 Å². The minimum Gasteiger partial charge on any atom is -0.370 e. The zero-order valence-electron chi connectivity index (χ0n) is 17.4. The lowest BCUT2D eigenvalue weighted by Crippen LogP contribution is -2.44. The van der Waals surface area contributed by atoms with Gasteiger partial charge in [0.1, 0.15) is 5.82 Å². The molecule has 0 spiro atoms. The molecule has 0 heterocycles. The van der Waals surface area contributed by atoms with Gasteiger partial charge in [-0.3, -0.25) is 9.59 Å². The highest BCUT2D eigenvalue weighted by molar-refractivity contribution is 6.42. The zero-order valence-corrected chi connectivity index (χ0v) is 18.9. The Morgan fingerprint density at radius 2 is 1.55 bits per heavy atom. The molecule has 1 aromatic rings. The summed E-state index contributed by atoms with van der Waals surface area (Å²) in [6.07, 6.45) is 7.95. The molecule has 2 aliphatic rings. The first kappa shape index (κ1) is 23.9. The summed E-state index contributed by atoms with van der Waals surface area (Å²) >= 11 is 12.5.